The average molecular weight is 430 g/mol. The van der Waals surface area contributed by atoms with Crippen LogP contribution in [0.1, 0.15) is 18.4 Å². The number of nitrogens with zero attached hydrogens (tertiary/aromatic N) is 3. The van der Waals surface area contributed by atoms with Crippen LogP contribution in [0.4, 0.5) is 9.59 Å². The highest BCUT2D eigenvalue weighted by Gasteiger charge is 2.41. The van der Waals surface area contributed by atoms with Crippen LogP contribution in [-0.4, -0.2) is 80.7 Å². The first-order valence-electron chi connectivity index (χ1n) is 8.93. The number of hydrogen-bond donors (Lipinski definition) is 0. The van der Waals surface area contributed by atoms with Gasteiger partial charge in [0.15, 0.2) is 9.84 Å². The fraction of sp³-hybridized carbons (Fsp3) is 0.529. The molecule has 3 rings (SSSR count). The maximum atomic E-state index is 12.7. The van der Waals surface area contributed by atoms with E-state index in [2.05, 4.69) is 0 Å². The Balaban J connectivity index is 1.59. The van der Waals surface area contributed by atoms with Gasteiger partial charge < -0.3 is 4.90 Å². The van der Waals surface area contributed by atoms with Crippen molar-refractivity contribution in [2.45, 2.75) is 23.8 Å². The molecule has 2 aliphatic rings. The lowest BCUT2D eigenvalue weighted by atomic mass is 10.1. The van der Waals surface area contributed by atoms with Crippen molar-refractivity contribution in [1.82, 2.24) is 14.1 Å². The lowest BCUT2D eigenvalue weighted by Crippen LogP contribution is -2.50. The molecule has 2 fully saturated rings. The van der Waals surface area contributed by atoms with E-state index in [1.807, 2.05) is 6.07 Å². The number of carbonyl (C=O) groups excluding carboxylic acids is 2. The van der Waals surface area contributed by atoms with E-state index in [0.717, 1.165) is 16.7 Å². The quantitative estimate of drug-likeness (QED) is 0.702. The lowest BCUT2D eigenvalue weighted by molar-refractivity contribution is 0.153. The van der Waals surface area contributed by atoms with E-state index in [0.29, 0.717) is 17.1 Å². The highest BCUT2D eigenvalue weighted by molar-refractivity contribution is 7.91. The first-order chi connectivity index (χ1) is 13.1. The molecule has 4 amide bonds. The molecule has 154 valence electrons. The molecule has 0 radical (unpaired) electrons. The molecule has 0 saturated carbocycles. The molecule has 0 spiro atoms. The summed E-state index contributed by atoms with van der Waals surface area (Å²) in [6.07, 6.45) is 1.50. The van der Waals surface area contributed by atoms with Crippen LogP contribution in [0.15, 0.2) is 30.3 Å². The maximum Gasteiger partial charge on any atom is 0.341 e. The zero-order chi connectivity index (χ0) is 20.5. The number of carbonyl (C=O) groups is 2. The Kier molecular flexibility index (Phi) is 5.67. The summed E-state index contributed by atoms with van der Waals surface area (Å²) in [4.78, 5) is 27.1. The van der Waals surface area contributed by atoms with Gasteiger partial charge in [0.05, 0.1) is 30.3 Å². The van der Waals surface area contributed by atoms with E-state index in [4.69, 9.17) is 0 Å². The third kappa shape index (κ3) is 4.30. The summed E-state index contributed by atoms with van der Waals surface area (Å²) in [7, 11) is -7.06. The second-order valence-electron chi connectivity index (χ2n) is 7.03. The number of benzene rings is 1. The van der Waals surface area contributed by atoms with Crippen LogP contribution >= 0.6 is 0 Å². The topological polar surface area (TPSA) is 112 Å². The smallest absolute Gasteiger partial charge is 0.324 e. The third-order valence-corrected chi connectivity index (χ3v) is 8.40. The molecule has 2 aliphatic heterocycles. The monoisotopic (exact) mass is 429 g/mol. The van der Waals surface area contributed by atoms with Crippen molar-refractivity contribution in [2.75, 3.05) is 32.4 Å². The maximum absolute atomic E-state index is 12.7. The Labute approximate surface area is 164 Å². The van der Waals surface area contributed by atoms with E-state index >= 15 is 0 Å². The molecule has 9 nitrogen and oxygen atoms in total. The molecule has 0 unspecified atom stereocenters. The average Bonchev–Trinajstić information content (AvgIpc) is 3.03. The van der Waals surface area contributed by atoms with Crippen molar-refractivity contribution in [3.8, 4) is 0 Å². The Morgan fingerprint density at radius 1 is 1.00 bits per heavy atom. The van der Waals surface area contributed by atoms with Crippen molar-refractivity contribution >= 4 is 31.9 Å². The summed E-state index contributed by atoms with van der Waals surface area (Å²) in [6, 6.07) is 7.51. The van der Waals surface area contributed by atoms with Crippen molar-refractivity contribution in [2.24, 2.45) is 0 Å². The number of urea groups is 2. The minimum atomic E-state index is -3.71. The fourth-order valence-corrected chi connectivity index (χ4v) is 6.12. The molecule has 1 aromatic rings. The van der Waals surface area contributed by atoms with Crippen LogP contribution in [0.2, 0.25) is 0 Å². The molecule has 0 N–H and O–H groups in total. The Hall–Kier alpha value is -2.14. The fourth-order valence-electron chi connectivity index (χ4n) is 3.50. The number of amides is 4. The van der Waals surface area contributed by atoms with Crippen molar-refractivity contribution in [1.29, 1.82) is 0 Å². The van der Waals surface area contributed by atoms with Gasteiger partial charge in [-0.2, -0.15) is 0 Å². The van der Waals surface area contributed by atoms with Gasteiger partial charge in [-0.25, -0.2) is 35.6 Å². The summed E-state index contributed by atoms with van der Waals surface area (Å²) in [5.41, 5.74) is 0.726. The third-order valence-electron chi connectivity index (χ3n) is 5.03. The molecular formula is C17H23N3O6S2. The minimum absolute atomic E-state index is 0.00300. The summed E-state index contributed by atoms with van der Waals surface area (Å²) in [5, 5.41) is -0.543. The standard InChI is InChI=1S/C17H23N3O6S2/c1-27(23,24)20-12-11-19(17(20)22)16(21)18-9-7-15(8-10-18)28(25,26)13-14-5-3-2-4-6-14/h2-6,15H,7-13H2,1H3. The van der Waals surface area contributed by atoms with Gasteiger partial charge in [-0.3, -0.25) is 0 Å². The van der Waals surface area contributed by atoms with Gasteiger partial charge in [-0.15, -0.1) is 0 Å². The van der Waals surface area contributed by atoms with Crippen LogP contribution in [0.25, 0.3) is 0 Å². The number of likely N-dealkylation sites (tertiary alicyclic amines) is 1. The van der Waals surface area contributed by atoms with Crippen LogP contribution < -0.4 is 0 Å². The highest BCUT2D eigenvalue weighted by atomic mass is 32.2. The van der Waals surface area contributed by atoms with Crippen LogP contribution in [0, 0.1) is 0 Å². The number of sulfone groups is 1. The van der Waals surface area contributed by atoms with Gasteiger partial charge in [-0.05, 0) is 18.4 Å². The van der Waals surface area contributed by atoms with Crippen molar-refractivity contribution in [3.63, 3.8) is 0 Å². The molecule has 0 aliphatic carbocycles. The molecule has 28 heavy (non-hydrogen) atoms. The molecule has 0 aromatic heterocycles. The molecular weight excluding hydrogens is 406 g/mol. The second kappa shape index (κ2) is 7.70. The summed E-state index contributed by atoms with van der Waals surface area (Å²) >= 11 is 0. The zero-order valence-corrected chi connectivity index (χ0v) is 17.2. The van der Waals surface area contributed by atoms with Gasteiger partial charge >= 0.3 is 12.1 Å². The van der Waals surface area contributed by atoms with Crippen molar-refractivity contribution < 1.29 is 26.4 Å². The molecule has 0 atom stereocenters. The Bertz CT molecular complexity index is 954. The Morgan fingerprint density at radius 2 is 1.61 bits per heavy atom. The SMILES string of the molecule is CS(=O)(=O)N1CCN(C(=O)N2CCC(S(=O)(=O)Cc3ccccc3)CC2)C1=O. The molecule has 0 bridgehead atoms. The number of imide groups is 1. The normalized spacial score (nSPS) is 19.3. The van der Waals surface area contributed by atoms with Gasteiger partial charge in [0.1, 0.15) is 0 Å². The lowest BCUT2D eigenvalue weighted by Gasteiger charge is -2.33. The summed E-state index contributed by atoms with van der Waals surface area (Å²) < 4.78 is 49.1. The molecule has 11 heteroatoms. The van der Waals surface area contributed by atoms with Crippen LogP contribution in [0.3, 0.4) is 0 Å². The van der Waals surface area contributed by atoms with E-state index in [9.17, 15) is 26.4 Å². The minimum Gasteiger partial charge on any atom is -0.324 e. The highest BCUT2D eigenvalue weighted by Crippen LogP contribution is 2.23. The molecule has 1 aromatic carbocycles. The van der Waals surface area contributed by atoms with Crippen molar-refractivity contribution in [3.05, 3.63) is 35.9 Å². The summed E-state index contributed by atoms with van der Waals surface area (Å²) in [6.45, 7) is 0.350. The molecule has 2 heterocycles. The number of rotatable bonds is 4. The second-order valence-corrected chi connectivity index (χ2v) is 11.2. The van der Waals surface area contributed by atoms with E-state index in [1.54, 1.807) is 24.3 Å². The largest absolute Gasteiger partial charge is 0.341 e. The number of sulfonamides is 1. The van der Waals surface area contributed by atoms with E-state index in [-0.39, 0.29) is 31.9 Å². The zero-order valence-electron chi connectivity index (χ0n) is 15.5. The first-order valence-corrected chi connectivity index (χ1v) is 12.5. The van der Waals surface area contributed by atoms with Crippen LogP contribution in [0.5, 0.6) is 0 Å². The van der Waals surface area contributed by atoms with E-state index < -0.39 is 37.2 Å². The van der Waals surface area contributed by atoms with E-state index in [1.165, 1.54) is 4.90 Å². The Morgan fingerprint density at radius 3 is 2.14 bits per heavy atom. The number of hydrogen-bond acceptors (Lipinski definition) is 6. The van der Waals surface area contributed by atoms with Gasteiger partial charge in [0.2, 0.25) is 10.0 Å². The first kappa shape index (κ1) is 20.6. The van der Waals surface area contributed by atoms with Crippen LogP contribution in [-0.2, 0) is 25.6 Å². The predicted molar refractivity (Wildman–Crippen MR) is 103 cm³/mol. The van der Waals surface area contributed by atoms with Gasteiger partial charge in [-0.1, -0.05) is 30.3 Å². The van der Waals surface area contributed by atoms with Gasteiger partial charge in [0, 0.05) is 13.1 Å². The summed E-state index contributed by atoms with van der Waals surface area (Å²) in [5.74, 6) is -0.0413. The predicted octanol–water partition coefficient (Wildman–Crippen LogP) is 0.883. The molecule has 2 saturated heterocycles. The number of piperidine rings is 1. The van der Waals surface area contributed by atoms with Gasteiger partial charge in [0.25, 0.3) is 0 Å².